The van der Waals surface area contributed by atoms with Crippen LogP contribution in [0.15, 0.2) is 17.2 Å². The van der Waals surface area contributed by atoms with Crippen LogP contribution in [-0.2, 0) is 13.1 Å². The third-order valence-corrected chi connectivity index (χ3v) is 2.93. The molecular formula is C11H18N2O2. The number of nitrogens with zero attached hydrogens (tertiary/aromatic N) is 2. The van der Waals surface area contributed by atoms with E-state index in [2.05, 4.69) is 0 Å². The van der Waals surface area contributed by atoms with Gasteiger partial charge in [0.1, 0.15) is 0 Å². The van der Waals surface area contributed by atoms with E-state index in [1.807, 2.05) is 6.92 Å². The Labute approximate surface area is 89.1 Å². The molecule has 1 aromatic rings. The quantitative estimate of drug-likeness (QED) is 0.782. The Bertz CT molecular complexity index is 376. The minimum absolute atomic E-state index is 0.00319. The van der Waals surface area contributed by atoms with Crippen LogP contribution in [0.1, 0.15) is 26.2 Å². The Morgan fingerprint density at radius 1 is 1.47 bits per heavy atom. The summed E-state index contributed by atoms with van der Waals surface area (Å²) in [4.78, 5) is 11.8. The second-order valence-corrected chi connectivity index (χ2v) is 4.33. The summed E-state index contributed by atoms with van der Waals surface area (Å²) in [6.07, 6.45) is 6.38. The zero-order valence-corrected chi connectivity index (χ0v) is 9.09. The molecule has 1 aliphatic carbocycles. The van der Waals surface area contributed by atoms with Crippen LogP contribution in [0.25, 0.3) is 0 Å². The Morgan fingerprint density at radius 2 is 2.13 bits per heavy atom. The first kappa shape index (κ1) is 10.5. The largest absolute Gasteiger partial charge is 0.391 e. The molecule has 1 unspecified atom stereocenters. The van der Waals surface area contributed by atoms with Crippen molar-refractivity contribution in [2.75, 3.05) is 0 Å². The molecule has 2 rings (SSSR count). The topological polar surface area (TPSA) is 47.2 Å². The Kier molecular flexibility index (Phi) is 2.95. The number of aliphatic hydroxyl groups excluding tert-OH is 1. The molecule has 1 atom stereocenters. The van der Waals surface area contributed by atoms with Gasteiger partial charge in [-0.15, -0.1) is 0 Å². The van der Waals surface area contributed by atoms with Crippen LogP contribution >= 0.6 is 0 Å². The van der Waals surface area contributed by atoms with E-state index in [0.717, 1.165) is 25.8 Å². The molecule has 1 N–H and O–H groups in total. The van der Waals surface area contributed by atoms with Crippen molar-refractivity contribution in [3.8, 4) is 0 Å². The zero-order valence-electron chi connectivity index (χ0n) is 9.09. The Morgan fingerprint density at radius 3 is 2.73 bits per heavy atom. The van der Waals surface area contributed by atoms with E-state index < -0.39 is 0 Å². The minimum Gasteiger partial charge on any atom is -0.391 e. The lowest BCUT2D eigenvalue weighted by atomic mass is 10.2. The summed E-state index contributed by atoms with van der Waals surface area (Å²) < 4.78 is 3.30. The third-order valence-electron chi connectivity index (χ3n) is 2.93. The predicted octanol–water partition coefficient (Wildman–Crippen LogP) is 0.831. The summed E-state index contributed by atoms with van der Waals surface area (Å²) in [7, 11) is 0. The predicted molar refractivity (Wildman–Crippen MR) is 57.7 cm³/mol. The molecule has 0 aliphatic heterocycles. The maximum absolute atomic E-state index is 11.8. The molecule has 1 fully saturated rings. The lowest BCUT2D eigenvalue weighted by molar-refractivity contribution is 0.130. The molecule has 0 aromatic carbocycles. The molecule has 0 amide bonds. The monoisotopic (exact) mass is 210 g/mol. The fourth-order valence-corrected chi connectivity index (χ4v) is 1.84. The van der Waals surface area contributed by atoms with Gasteiger partial charge in [0.25, 0.3) is 0 Å². The van der Waals surface area contributed by atoms with Gasteiger partial charge in [-0.2, -0.15) is 0 Å². The Balaban J connectivity index is 2.04. The summed E-state index contributed by atoms with van der Waals surface area (Å²) in [6.45, 7) is 3.24. The number of rotatable bonds is 5. The number of imidazole rings is 1. The maximum Gasteiger partial charge on any atom is 0.328 e. The molecule has 4 nitrogen and oxygen atoms in total. The van der Waals surface area contributed by atoms with Crippen LogP contribution in [0.3, 0.4) is 0 Å². The van der Waals surface area contributed by atoms with Gasteiger partial charge < -0.3 is 5.11 Å². The van der Waals surface area contributed by atoms with E-state index in [1.54, 1.807) is 21.5 Å². The molecule has 1 aliphatic rings. The molecule has 0 saturated heterocycles. The van der Waals surface area contributed by atoms with Crippen LogP contribution in [0, 0.1) is 5.92 Å². The van der Waals surface area contributed by atoms with Crippen LogP contribution in [0.4, 0.5) is 0 Å². The number of aryl methyl sites for hydroxylation is 1. The van der Waals surface area contributed by atoms with Gasteiger partial charge in [-0.3, -0.25) is 9.13 Å². The molecule has 1 heterocycles. The second kappa shape index (κ2) is 4.23. The van der Waals surface area contributed by atoms with Gasteiger partial charge in [-0.1, -0.05) is 6.92 Å². The van der Waals surface area contributed by atoms with E-state index in [-0.39, 0.29) is 11.8 Å². The van der Waals surface area contributed by atoms with Gasteiger partial charge >= 0.3 is 5.69 Å². The summed E-state index contributed by atoms with van der Waals surface area (Å²) >= 11 is 0. The summed E-state index contributed by atoms with van der Waals surface area (Å²) in [6, 6.07) is 0. The molecule has 15 heavy (non-hydrogen) atoms. The summed E-state index contributed by atoms with van der Waals surface area (Å²) in [5.74, 6) is 0.423. The number of aliphatic hydroxyl groups is 1. The lowest BCUT2D eigenvalue weighted by Crippen LogP contribution is -2.29. The smallest absolute Gasteiger partial charge is 0.328 e. The first-order valence-corrected chi connectivity index (χ1v) is 5.66. The van der Waals surface area contributed by atoms with E-state index in [9.17, 15) is 9.90 Å². The number of hydrogen-bond acceptors (Lipinski definition) is 2. The normalized spacial score (nSPS) is 18.0. The first-order chi connectivity index (χ1) is 7.22. The molecule has 0 spiro atoms. The highest BCUT2D eigenvalue weighted by molar-refractivity contribution is 4.86. The van der Waals surface area contributed by atoms with Gasteiger partial charge in [-0.05, 0) is 25.2 Å². The van der Waals surface area contributed by atoms with E-state index in [1.165, 1.54) is 0 Å². The molecule has 1 aromatic heterocycles. The van der Waals surface area contributed by atoms with Gasteiger partial charge in [0, 0.05) is 18.9 Å². The van der Waals surface area contributed by atoms with Crippen LogP contribution in [-0.4, -0.2) is 20.3 Å². The molecular weight excluding hydrogens is 192 g/mol. The molecule has 0 radical (unpaired) electrons. The average Bonchev–Trinajstić information content (AvgIpc) is 3.00. The van der Waals surface area contributed by atoms with Gasteiger partial charge in [-0.25, -0.2) is 4.79 Å². The molecule has 0 bridgehead atoms. The summed E-state index contributed by atoms with van der Waals surface area (Å²) in [5.41, 5.74) is -0.00319. The highest BCUT2D eigenvalue weighted by Gasteiger charge is 2.30. The van der Waals surface area contributed by atoms with Crippen molar-refractivity contribution in [1.82, 2.24) is 9.13 Å². The highest BCUT2D eigenvalue weighted by Crippen LogP contribution is 2.32. The number of hydrogen-bond donors (Lipinski definition) is 1. The first-order valence-electron chi connectivity index (χ1n) is 5.66. The van der Waals surface area contributed by atoms with Crippen molar-refractivity contribution in [2.24, 2.45) is 5.92 Å². The van der Waals surface area contributed by atoms with Crippen molar-refractivity contribution in [2.45, 2.75) is 45.4 Å². The van der Waals surface area contributed by atoms with Crippen LogP contribution in [0.5, 0.6) is 0 Å². The van der Waals surface area contributed by atoms with Crippen LogP contribution < -0.4 is 5.69 Å². The molecule has 4 heteroatoms. The van der Waals surface area contributed by atoms with Gasteiger partial charge in [0.2, 0.25) is 0 Å². The second-order valence-electron chi connectivity index (χ2n) is 4.33. The SMILES string of the molecule is CCCn1ccn(CC(O)C2CC2)c1=O. The van der Waals surface area contributed by atoms with Crippen molar-refractivity contribution >= 4 is 0 Å². The molecule has 1 saturated carbocycles. The van der Waals surface area contributed by atoms with Crippen molar-refractivity contribution < 1.29 is 5.11 Å². The van der Waals surface area contributed by atoms with Crippen molar-refractivity contribution in [3.05, 3.63) is 22.9 Å². The Hall–Kier alpha value is -1.03. The van der Waals surface area contributed by atoms with Crippen molar-refractivity contribution in [3.63, 3.8) is 0 Å². The van der Waals surface area contributed by atoms with E-state index in [0.29, 0.717) is 12.5 Å². The van der Waals surface area contributed by atoms with E-state index in [4.69, 9.17) is 0 Å². The van der Waals surface area contributed by atoms with Crippen LogP contribution in [0.2, 0.25) is 0 Å². The zero-order chi connectivity index (χ0) is 10.8. The van der Waals surface area contributed by atoms with Crippen molar-refractivity contribution in [1.29, 1.82) is 0 Å². The lowest BCUT2D eigenvalue weighted by Gasteiger charge is -2.08. The highest BCUT2D eigenvalue weighted by atomic mass is 16.3. The maximum atomic E-state index is 11.8. The standard InChI is InChI=1S/C11H18N2O2/c1-2-5-12-6-7-13(11(12)15)8-10(14)9-3-4-9/h6-7,9-10,14H,2-5,8H2,1H3. The fourth-order valence-electron chi connectivity index (χ4n) is 1.84. The minimum atomic E-state index is -0.347. The third kappa shape index (κ3) is 2.31. The van der Waals surface area contributed by atoms with Gasteiger partial charge in [0.15, 0.2) is 0 Å². The van der Waals surface area contributed by atoms with Gasteiger partial charge in [0.05, 0.1) is 12.6 Å². The molecule has 84 valence electrons. The summed E-state index contributed by atoms with van der Waals surface area (Å²) in [5, 5.41) is 9.74. The average molecular weight is 210 g/mol. The fraction of sp³-hybridized carbons (Fsp3) is 0.727. The number of aromatic nitrogens is 2. The van der Waals surface area contributed by atoms with E-state index >= 15 is 0 Å².